The summed E-state index contributed by atoms with van der Waals surface area (Å²) >= 11 is 0. The lowest BCUT2D eigenvalue weighted by molar-refractivity contribution is -0.119. The van der Waals surface area contributed by atoms with Crippen LogP contribution in [-0.4, -0.2) is 36.8 Å². The molecule has 3 rings (SSSR count). The number of hydrogen-bond donors (Lipinski definition) is 2. The number of carbonyl (C=O) groups excluding carboxylic acids is 2. The number of hydrogen-bond acceptors (Lipinski definition) is 6. The Balaban J connectivity index is 1.79. The average Bonchev–Trinajstić information content (AvgIpc) is 2.69. The van der Waals surface area contributed by atoms with E-state index in [2.05, 4.69) is 10.3 Å². The van der Waals surface area contributed by atoms with Gasteiger partial charge in [0.15, 0.2) is 0 Å². The summed E-state index contributed by atoms with van der Waals surface area (Å²) in [5.41, 5.74) is -0.187. The number of fused-ring (bicyclic) bond motifs is 1. The van der Waals surface area contributed by atoms with E-state index in [4.69, 9.17) is 0 Å². The monoisotopic (exact) mass is 418 g/mol. The van der Waals surface area contributed by atoms with E-state index in [-0.39, 0.29) is 21.4 Å². The van der Waals surface area contributed by atoms with E-state index in [1.54, 1.807) is 0 Å². The normalized spacial score (nSPS) is 11.2. The Morgan fingerprint density at radius 3 is 2.48 bits per heavy atom. The zero-order valence-corrected chi connectivity index (χ0v) is 15.9. The lowest BCUT2D eigenvalue weighted by Gasteiger charge is -2.09. The molecule has 29 heavy (non-hydrogen) atoms. The number of carbonyl (C=O) groups is 2. The van der Waals surface area contributed by atoms with Crippen LogP contribution in [0.5, 0.6) is 0 Å². The van der Waals surface area contributed by atoms with Crippen LogP contribution in [0.4, 0.5) is 4.39 Å². The largest absolute Gasteiger partial charge is 0.355 e. The number of amides is 2. The van der Waals surface area contributed by atoms with Crippen molar-refractivity contribution >= 4 is 32.7 Å². The lowest BCUT2D eigenvalue weighted by atomic mass is 10.2. The van der Waals surface area contributed by atoms with Gasteiger partial charge < -0.3 is 5.32 Å². The number of halogens is 1. The second kappa shape index (κ2) is 7.80. The first kappa shape index (κ1) is 20.1. The molecule has 3 aromatic rings. The van der Waals surface area contributed by atoms with Crippen LogP contribution in [0.3, 0.4) is 0 Å². The van der Waals surface area contributed by atoms with Crippen LogP contribution in [0, 0.1) is 5.82 Å². The number of rotatable bonds is 5. The number of nitrogens with one attached hydrogen (secondary N) is 2. The summed E-state index contributed by atoms with van der Waals surface area (Å²) in [4.78, 5) is 39.8. The summed E-state index contributed by atoms with van der Waals surface area (Å²) < 4.78 is 40.8. The molecular weight excluding hydrogens is 403 g/mol. The van der Waals surface area contributed by atoms with Crippen molar-refractivity contribution in [2.75, 3.05) is 7.05 Å². The maximum atomic E-state index is 13.4. The molecule has 0 atom stereocenters. The fraction of sp³-hybridized carbons (Fsp3) is 0.111. The van der Waals surface area contributed by atoms with Gasteiger partial charge in [0.2, 0.25) is 0 Å². The zero-order chi connectivity index (χ0) is 21.2. The van der Waals surface area contributed by atoms with Gasteiger partial charge in [-0.05, 0) is 42.5 Å². The lowest BCUT2D eigenvalue weighted by Crippen LogP contribution is -2.36. The molecule has 11 heteroatoms. The van der Waals surface area contributed by atoms with Gasteiger partial charge in [0.05, 0.1) is 22.1 Å². The van der Waals surface area contributed by atoms with Gasteiger partial charge in [-0.2, -0.15) is 0 Å². The van der Waals surface area contributed by atoms with E-state index >= 15 is 0 Å². The molecule has 0 bridgehead atoms. The van der Waals surface area contributed by atoms with Crippen molar-refractivity contribution in [1.29, 1.82) is 0 Å². The molecule has 0 saturated carbocycles. The van der Waals surface area contributed by atoms with E-state index in [9.17, 15) is 27.2 Å². The minimum absolute atomic E-state index is 0.0343. The average molecular weight is 418 g/mol. The van der Waals surface area contributed by atoms with E-state index in [1.165, 1.54) is 37.4 Å². The predicted octanol–water partition coefficient (Wildman–Crippen LogP) is 0.400. The van der Waals surface area contributed by atoms with Gasteiger partial charge in [-0.15, -0.1) is 0 Å². The van der Waals surface area contributed by atoms with E-state index in [0.717, 1.165) is 23.0 Å². The van der Waals surface area contributed by atoms with Gasteiger partial charge in [0.1, 0.15) is 12.4 Å². The summed E-state index contributed by atoms with van der Waals surface area (Å²) in [5.74, 6) is -2.01. The van der Waals surface area contributed by atoms with Crippen LogP contribution in [0.25, 0.3) is 10.9 Å². The molecule has 1 aromatic heterocycles. The van der Waals surface area contributed by atoms with Crippen molar-refractivity contribution in [1.82, 2.24) is 19.6 Å². The smallest absolute Gasteiger partial charge is 0.264 e. The third kappa shape index (κ3) is 4.29. The molecule has 9 nitrogen and oxygen atoms in total. The summed E-state index contributed by atoms with van der Waals surface area (Å²) in [6.07, 6.45) is 1.08. The van der Waals surface area contributed by atoms with E-state index in [0.29, 0.717) is 0 Å². The molecule has 0 aliphatic carbocycles. The maximum Gasteiger partial charge on any atom is 0.264 e. The molecular formula is C18H15FN4O5S. The highest BCUT2D eigenvalue weighted by molar-refractivity contribution is 7.90. The molecule has 0 fully saturated rings. The van der Waals surface area contributed by atoms with Crippen LogP contribution in [0.2, 0.25) is 0 Å². The first-order chi connectivity index (χ1) is 13.7. The van der Waals surface area contributed by atoms with Crippen molar-refractivity contribution < 1.29 is 22.4 Å². The molecule has 0 radical (unpaired) electrons. The highest BCUT2D eigenvalue weighted by atomic mass is 32.2. The topological polar surface area (TPSA) is 127 Å². The Labute approximate surface area is 164 Å². The zero-order valence-electron chi connectivity index (χ0n) is 15.0. The summed E-state index contributed by atoms with van der Waals surface area (Å²) in [6, 6.07) is 8.40. The molecule has 0 spiro atoms. The molecule has 150 valence electrons. The highest BCUT2D eigenvalue weighted by Crippen LogP contribution is 2.11. The Morgan fingerprint density at radius 2 is 1.83 bits per heavy atom. The van der Waals surface area contributed by atoms with Gasteiger partial charge in [-0.3, -0.25) is 19.0 Å². The number of benzene rings is 2. The van der Waals surface area contributed by atoms with Crippen LogP contribution in [0.15, 0.2) is 58.5 Å². The van der Waals surface area contributed by atoms with Crippen LogP contribution in [-0.2, 0) is 21.4 Å². The van der Waals surface area contributed by atoms with E-state index < -0.39 is 39.8 Å². The fourth-order valence-electron chi connectivity index (χ4n) is 2.57. The van der Waals surface area contributed by atoms with Crippen LogP contribution in [0.1, 0.15) is 10.4 Å². The van der Waals surface area contributed by atoms with Crippen molar-refractivity contribution in [3.63, 3.8) is 0 Å². The van der Waals surface area contributed by atoms with Crippen molar-refractivity contribution in [2.24, 2.45) is 0 Å². The van der Waals surface area contributed by atoms with Crippen molar-refractivity contribution in [3.05, 3.63) is 70.5 Å². The quantitative estimate of drug-likeness (QED) is 0.618. The Hall–Kier alpha value is -3.60. The van der Waals surface area contributed by atoms with Gasteiger partial charge >= 0.3 is 0 Å². The molecule has 0 unspecified atom stereocenters. The van der Waals surface area contributed by atoms with Crippen molar-refractivity contribution in [2.45, 2.75) is 11.4 Å². The molecule has 0 aliphatic heterocycles. The minimum atomic E-state index is -4.22. The molecule has 2 amide bonds. The Bertz CT molecular complexity index is 1270. The highest BCUT2D eigenvalue weighted by Gasteiger charge is 2.19. The van der Waals surface area contributed by atoms with Gasteiger partial charge in [-0.25, -0.2) is 22.5 Å². The van der Waals surface area contributed by atoms with Crippen LogP contribution >= 0.6 is 0 Å². The SMILES string of the molecule is CNC(=O)c1ccc(S(=O)(=O)NC(=O)Cn2cnc3ccc(F)cc3c2=O)cc1. The first-order valence-electron chi connectivity index (χ1n) is 8.24. The number of nitrogens with zero attached hydrogens (tertiary/aromatic N) is 2. The van der Waals surface area contributed by atoms with Gasteiger partial charge in [0, 0.05) is 12.6 Å². The standard InChI is InChI=1S/C18H15FN4O5S/c1-20-17(25)11-2-5-13(6-3-11)29(27,28)22-16(24)9-23-10-21-15-7-4-12(19)8-14(15)18(23)26/h2-8,10H,9H2,1H3,(H,20,25)(H,22,24). The van der Waals surface area contributed by atoms with Crippen LogP contribution < -0.4 is 15.6 Å². The third-order valence-corrected chi connectivity index (χ3v) is 5.39. The molecule has 0 aliphatic rings. The minimum Gasteiger partial charge on any atom is -0.355 e. The first-order valence-corrected chi connectivity index (χ1v) is 9.72. The summed E-state index contributed by atoms with van der Waals surface area (Å²) in [7, 11) is -2.78. The fourth-order valence-corrected chi connectivity index (χ4v) is 3.55. The third-order valence-electron chi connectivity index (χ3n) is 4.00. The second-order valence-corrected chi connectivity index (χ2v) is 7.65. The van der Waals surface area contributed by atoms with Gasteiger partial charge in [-0.1, -0.05) is 0 Å². The number of aromatic nitrogens is 2. The number of sulfonamides is 1. The molecule has 1 heterocycles. The molecule has 2 N–H and O–H groups in total. The second-order valence-electron chi connectivity index (χ2n) is 5.97. The molecule has 2 aromatic carbocycles. The van der Waals surface area contributed by atoms with Crippen molar-refractivity contribution in [3.8, 4) is 0 Å². The maximum absolute atomic E-state index is 13.4. The van der Waals surface area contributed by atoms with E-state index in [1.807, 2.05) is 4.72 Å². The Morgan fingerprint density at radius 1 is 1.14 bits per heavy atom. The Kier molecular flexibility index (Phi) is 5.41. The van der Waals surface area contributed by atoms with Gasteiger partial charge in [0.25, 0.3) is 27.4 Å². The summed E-state index contributed by atoms with van der Waals surface area (Å²) in [6.45, 7) is -0.631. The summed E-state index contributed by atoms with van der Waals surface area (Å²) in [5, 5.41) is 2.37. The molecule has 0 saturated heterocycles. The predicted molar refractivity (Wildman–Crippen MR) is 101 cm³/mol.